The van der Waals surface area contributed by atoms with E-state index in [1.807, 2.05) is 0 Å². The first-order chi connectivity index (χ1) is 11.5. The number of rotatable bonds is 6. The quantitative estimate of drug-likeness (QED) is 0.446. The summed E-state index contributed by atoms with van der Waals surface area (Å²) in [6.07, 6.45) is 1.37. The molecule has 0 fully saturated rings. The highest BCUT2D eigenvalue weighted by atomic mass is 79.9. The van der Waals surface area contributed by atoms with E-state index < -0.39 is 10.8 Å². The van der Waals surface area contributed by atoms with Gasteiger partial charge in [0.2, 0.25) is 0 Å². The van der Waals surface area contributed by atoms with Crippen LogP contribution in [0.4, 0.5) is 5.69 Å². The summed E-state index contributed by atoms with van der Waals surface area (Å²) in [5.41, 5.74) is 2.90. The van der Waals surface area contributed by atoms with E-state index in [9.17, 15) is 14.9 Å². The highest BCUT2D eigenvalue weighted by Gasteiger charge is 2.06. The standard InChI is InChI=1S/C15H11BrClN3O4/c16-13-7-11(17)3-6-14(13)24-9-15(21)19-18-8-10-1-4-12(5-2-10)20(22)23/h1-8H,9H2,(H,19,21)/b18-8-. The fraction of sp³-hybridized carbons (Fsp3) is 0.0667. The lowest BCUT2D eigenvalue weighted by atomic mass is 10.2. The lowest BCUT2D eigenvalue weighted by molar-refractivity contribution is -0.384. The molecule has 1 N–H and O–H groups in total. The Balaban J connectivity index is 1.83. The molecule has 0 aliphatic heterocycles. The lowest BCUT2D eigenvalue weighted by Gasteiger charge is -2.07. The summed E-state index contributed by atoms with van der Waals surface area (Å²) in [6, 6.07) is 10.7. The highest BCUT2D eigenvalue weighted by Crippen LogP contribution is 2.27. The minimum atomic E-state index is -0.491. The maximum atomic E-state index is 11.6. The van der Waals surface area contributed by atoms with Crippen molar-refractivity contribution in [3.8, 4) is 5.75 Å². The third kappa shape index (κ3) is 5.32. The van der Waals surface area contributed by atoms with Crippen molar-refractivity contribution in [1.29, 1.82) is 0 Å². The molecule has 0 radical (unpaired) electrons. The summed E-state index contributed by atoms with van der Waals surface area (Å²) >= 11 is 9.09. The van der Waals surface area contributed by atoms with E-state index in [0.717, 1.165) is 0 Å². The lowest BCUT2D eigenvalue weighted by Crippen LogP contribution is -2.24. The molecule has 124 valence electrons. The minimum absolute atomic E-state index is 0.0156. The number of nitro groups is 1. The van der Waals surface area contributed by atoms with E-state index in [1.54, 1.807) is 18.2 Å². The first kappa shape index (κ1) is 17.9. The molecule has 0 saturated heterocycles. The minimum Gasteiger partial charge on any atom is -0.483 e. The number of nitrogens with zero attached hydrogens (tertiary/aromatic N) is 2. The normalized spacial score (nSPS) is 10.6. The van der Waals surface area contributed by atoms with E-state index in [1.165, 1.54) is 30.5 Å². The van der Waals surface area contributed by atoms with Crippen LogP contribution in [0.2, 0.25) is 5.02 Å². The van der Waals surface area contributed by atoms with Gasteiger partial charge in [0, 0.05) is 17.2 Å². The van der Waals surface area contributed by atoms with Crippen LogP contribution < -0.4 is 10.2 Å². The molecule has 0 saturated carbocycles. The molecule has 0 spiro atoms. The van der Waals surface area contributed by atoms with Gasteiger partial charge in [0.05, 0.1) is 15.6 Å². The maximum Gasteiger partial charge on any atom is 0.277 e. The molecule has 2 aromatic rings. The number of carbonyl (C=O) groups is 1. The maximum absolute atomic E-state index is 11.6. The number of hydrogen-bond acceptors (Lipinski definition) is 5. The Morgan fingerprint density at radius 1 is 1.33 bits per heavy atom. The van der Waals surface area contributed by atoms with Gasteiger partial charge in [-0.3, -0.25) is 14.9 Å². The predicted molar refractivity (Wildman–Crippen MR) is 93.5 cm³/mol. The van der Waals surface area contributed by atoms with Gasteiger partial charge in [-0.25, -0.2) is 5.43 Å². The van der Waals surface area contributed by atoms with Gasteiger partial charge in [-0.05, 0) is 51.8 Å². The Bertz CT molecular complexity index is 781. The van der Waals surface area contributed by atoms with E-state index in [2.05, 4.69) is 26.5 Å². The number of benzene rings is 2. The molecule has 2 rings (SSSR count). The van der Waals surface area contributed by atoms with Crippen LogP contribution in [0.5, 0.6) is 5.75 Å². The zero-order valence-electron chi connectivity index (χ0n) is 12.1. The van der Waals surface area contributed by atoms with Crippen LogP contribution in [-0.4, -0.2) is 23.7 Å². The Morgan fingerprint density at radius 2 is 2.04 bits per heavy atom. The van der Waals surface area contributed by atoms with Crippen LogP contribution in [0.25, 0.3) is 0 Å². The molecular weight excluding hydrogens is 402 g/mol. The van der Waals surface area contributed by atoms with Crippen molar-refractivity contribution in [1.82, 2.24) is 5.43 Å². The summed E-state index contributed by atoms with van der Waals surface area (Å²) < 4.78 is 5.97. The van der Waals surface area contributed by atoms with Crippen LogP contribution in [0.15, 0.2) is 52.0 Å². The zero-order chi connectivity index (χ0) is 17.5. The fourth-order valence-electron chi connectivity index (χ4n) is 1.63. The molecule has 24 heavy (non-hydrogen) atoms. The molecule has 0 aliphatic rings. The Morgan fingerprint density at radius 3 is 2.67 bits per heavy atom. The van der Waals surface area contributed by atoms with Crippen molar-refractivity contribution in [2.24, 2.45) is 5.10 Å². The fourth-order valence-corrected chi connectivity index (χ4v) is 2.43. The molecule has 0 aromatic heterocycles. The topological polar surface area (TPSA) is 93.8 Å². The zero-order valence-corrected chi connectivity index (χ0v) is 14.5. The van der Waals surface area contributed by atoms with Crippen molar-refractivity contribution in [3.63, 3.8) is 0 Å². The number of ether oxygens (including phenoxy) is 1. The molecule has 0 bridgehead atoms. The number of carbonyl (C=O) groups excluding carboxylic acids is 1. The van der Waals surface area contributed by atoms with Crippen LogP contribution in [0, 0.1) is 10.1 Å². The van der Waals surface area contributed by atoms with Crippen LogP contribution >= 0.6 is 27.5 Å². The van der Waals surface area contributed by atoms with E-state index in [4.69, 9.17) is 16.3 Å². The van der Waals surface area contributed by atoms with Gasteiger partial charge in [0.25, 0.3) is 11.6 Å². The molecule has 2 aromatic carbocycles. The number of nitrogens with one attached hydrogen (secondary N) is 1. The van der Waals surface area contributed by atoms with Crippen molar-refractivity contribution >= 4 is 45.3 Å². The largest absolute Gasteiger partial charge is 0.483 e. The molecule has 0 unspecified atom stereocenters. The number of amides is 1. The van der Waals surface area contributed by atoms with E-state index >= 15 is 0 Å². The highest BCUT2D eigenvalue weighted by molar-refractivity contribution is 9.10. The smallest absolute Gasteiger partial charge is 0.277 e. The number of non-ortho nitro benzene ring substituents is 1. The summed E-state index contributed by atoms with van der Waals surface area (Å²) in [4.78, 5) is 21.7. The molecule has 9 heteroatoms. The Hall–Kier alpha value is -2.45. The average Bonchev–Trinajstić information content (AvgIpc) is 2.54. The van der Waals surface area contributed by atoms with Gasteiger partial charge in [0.15, 0.2) is 6.61 Å². The molecule has 0 atom stereocenters. The Kier molecular flexibility index (Phi) is 6.28. The SMILES string of the molecule is O=C(COc1ccc(Cl)cc1Br)N/N=C\c1ccc([N+](=O)[O-])cc1. The van der Waals surface area contributed by atoms with Crippen LogP contribution in [0.1, 0.15) is 5.56 Å². The predicted octanol–water partition coefficient (Wildman–Crippen LogP) is 3.54. The summed E-state index contributed by atoms with van der Waals surface area (Å²) in [6.45, 7) is -0.224. The van der Waals surface area contributed by atoms with Gasteiger partial charge < -0.3 is 4.74 Å². The number of halogens is 2. The second-order valence-electron chi connectivity index (χ2n) is 4.51. The van der Waals surface area contributed by atoms with Gasteiger partial charge in [0.1, 0.15) is 5.75 Å². The van der Waals surface area contributed by atoms with Gasteiger partial charge in [-0.2, -0.15) is 5.10 Å². The van der Waals surface area contributed by atoms with Crippen LogP contribution in [-0.2, 0) is 4.79 Å². The molecule has 0 heterocycles. The Labute approximate surface area is 150 Å². The van der Waals surface area contributed by atoms with E-state index in [0.29, 0.717) is 20.8 Å². The third-order valence-electron chi connectivity index (χ3n) is 2.76. The van der Waals surface area contributed by atoms with Gasteiger partial charge in [-0.15, -0.1) is 0 Å². The van der Waals surface area contributed by atoms with Crippen molar-refractivity contribution < 1.29 is 14.5 Å². The number of nitro benzene ring substituents is 1. The van der Waals surface area contributed by atoms with Crippen molar-refractivity contribution in [2.45, 2.75) is 0 Å². The summed E-state index contributed by atoms with van der Waals surface area (Å²) in [5.74, 6) is 0.0314. The molecule has 0 aliphatic carbocycles. The second-order valence-corrected chi connectivity index (χ2v) is 5.80. The van der Waals surface area contributed by atoms with Crippen molar-refractivity contribution in [2.75, 3.05) is 6.61 Å². The van der Waals surface area contributed by atoms with Crippen LogP contribution in [0.3, 0.4) is 0 Å². The molecule has 7 nitrogen and oxygen atoms in total. The monoisotopic (exact) mass is 411 g/mol. The van der Waals surface area contributed by atoms with E-state index in [-0.39, 0.29) is 12.3 Å². The first-order valence-corrected chi connectivity index (χ1v) is 7.77. The van der Waals surface area contributed by atoms with Gasteiger partial charge >= 0.3 is 0 Å². The molecular formula is C15H11BrClN3O4. The number of hydrogen-bond donors (Lipinski definition) is 1. The first-order valence-electron chi connectivity index (χ1n) is 6.60. The average molecular weight is 413 g/mol. The third-order valence-corrected chi connectivity index (χ3v) is 3.61. The summed E-state index contributed by atoms with van der Waals surface area (Å²) in [5, 5.41) is 14.8. The second kappa shape index (κ2) is 8.42. The molecule has 1 amide bonds. The van der Waals surface area contributed by atoms with Gasteiger partial charge in [-0.1, -0.05) is 11.6 Å². The van der Waals surface area contributed by atoms with Crippen molar-refractivity contribution in [3.05, 3.63) is 67.6 Å². The summed E-state index contributed by atoms with van der Waals surface area (Å²) in [7, 11) is 0. The number of hydrazone groups is 1.